The average molecular weight is 356 g/mol. The molecule has 1 aromatic carbocycles. The van der Waals surface area contributed by atoms with Crippen LogP contribution in [0.25, 0.3) is 11.1 Å². The van der Waals surface area contributed by atoms with E-state index in [1.807, 2.05) is 13.8 Å². The van der Waals surface area contributed by atoms with E-state index in [0.717, 1.165) is 18.7 Å². The minimum atomic E-state index is -0.398. The molecule has 1 fully saturated rings. The van der Waals surface area contributed by atoms with Crippen LogP contribution in [0.1, 0.15) is 37.5 Å². The van der Waals surface area contributed by atoms with E-state index < -0.39 is 5.76 Å². The lowest BCUT2D eigenvalue weighted by Gasteiger charge is -2.22. The van der Waals surface area contributed by atoms with Gasteiger partial charge in [-0.25, -0.2) is 14.6 Å². The van der Waals surface area contributed by atoms with Crippen LogP contribution in [0, 0.1) is 6.92 Å². The summed E-state index contributed by atoms with van der Waals surface area (Å²) in [5.41, 5.74) is 1.75. The smallest absolute Gasteiger partial charge is 0.408 e. The molecule has 9 heteroatoms. The van der Waals surface area contributed by atoms with Crippen molar-refractivity contribution < 1.29 is 9.21 Å². The maximum absolute atomic E-state index is 12.7. The summed E-state index contributed by atoms with van der Waals surface area (Å²) < 4.78 is 6.79. The van der Waals surface area contributed by atoms with E-state index in [9.17, 15) is 9.59 Å². The van der Waals surface area contributed by atoms with Crippen LogP contribution in [-0.2, 0) is 6.54 Å². The number of urea groups is 1. The molecule has 4 rings (SSSR count). The van der Waals surface area contributed by atoms with Crippen molar-refractivity contribution in [2.45, 2.75) is 39.3 Å². The number of nitrogens with zero attached hydrogens (tertiary/aromatic N) is 4. The van der Waals surface area contributed by atoms with Crippen LogP contribution >= 0.6 is 0 Å². The number of nitrogens with one attached hydrogen (secondary N) is 2. The van der Waals surface area contributed by atoms with Crippen molar-refractivity contribution in [1.82, 2.24) is 24.6 Å². The largest absolute Gasteiger partial charge is 0.419 e. The van der Waals surface area contributed by atoms with Crippen molar-refractivity contribution in [1.29, 1.82) is 0 Å². The first-order valence-electron chi connectivity index (χ1n) is 8.66. The van der Waals surface area contributed by atoms with E-state index in [-0.39, 0.29) is 12.1 Å². The molecule has 1 atom stereocenters. The van der Waals surface area contributed by atoms with E-state index in [2.05, 4.69) is 20.5 Å². The summed E-state index contributed by atoms with van der Waals surface area (Å²) in [6.45, 7) is 4.89. The number of carbonyl (C=O) groups excluding carboxylic acids is 1. The Kier molecular flexibility index (Phi) is 3.98. The third kappa shape index (κ3) is 2.75. The van der Waals surface area contributed by atoms with Gasteiger partial charge in [-0.15, -0.1) is 0 Å². The molecule has 136 valence electrons. The number of aromatic amines is 1. The Labute approximate surface area is 149 Å². The van der Waals surface area contributed by atoms with Crippen LogP contribution in [0.3, 0.4) is 0 Å². The molecule has 0 saturated carbocycles. The van der Waals surface area contributed by atoms with Gasteiger partial charge in [0.1, 0.15) is 5.82 Å². The Hall–Kier alpha value is -3.10. The summed E-state index contributed by atoms with van der Waals surface area (Å²) in [5, 5.41) is 9.89. The highest BCUT2D eigenvalue weighted by molar-refractivity contribution is 5.92. The van der Waals surface area contributed by atoms with Gasteiger partial charge in [0, 0.05) is 24.8 Å². The summed E-state index contributed by atoms with van der Waals surface area (Å²) in [5.74, 6) is 0.968. The maximum atomic E-state index is 12.7. The molecule has 0 spiro atoms. The molecular weight excluding hydrogens is 336 g/mol. The van der Waals surface area contributed by atoms with Gasteiger partial charge in [0.2, 0.25) is 0 Å². The number of H-pyrrole nitrogens is 1. The van der Waals surface area contributed by atoms with Gasteiger partial charge in [-0.05, 0) is 38.8 Å². The third-order valence-corrected chi connectivity index (χ3v) is 4.66. The Morgan fingerprint density at radius 3 is 3.04 bits per heavy atom. The molecule has 1 aliphatic rings. The number of likely N-dealkylation sites (tertiary alicyclic amines) is 1. The molecule has 26 heavy (non-hydrogen) atoms. The van der Waals surface area contributed by atoms with Crippen molar-refractivity contribution in [3.63, 3.8) is 0 Å². The molecule has 0 aliphatic carbocycles. The second-order valence-corrected chi connectivity index (χ2v) is 6.36. The molecular formula is C17H20N6O3. The average Bonchev–Trinajstić information content (AvgIpc) is 3.31. The van der Waals surface area contributed by atoms with Crippen molar-refractivity contribution in [3.8, 4) is 0 Å². The standard InChI is InChI=1S/C17H20N6O3/c1-3-22-12-7-6-11(9-14(12)26-17(22)25)19-16(24)23-8-4-5-13(23)15-18-10(2)20-21-15/h6-7,9,13H,3-5,8H2,1-2H3,(H,19,24)(H,18,20,21). The Morgan fingerprint density at radius 2 is 2.31 bits per heavy atom. The Bertz CT molecular complexity index is 1020. The van der Waals surface area contributed by atoms with Crippen LogP contribution < -0.4 is 11.1 Å². The molecule has 2 N–H and O–H groups in total. The molecule has 9 nitrogen and oxygen atoms in total. The van der Waals surface area contributed by atoms with E-state index in [4.69, 9.17) is 4.42 Å². The quantitative estimate of drug-likeness (QED) is 0.749. The predicted molar refractivity (Wildman–Crippen MR) is 95.0 cm³/mol. The zero-order valence-corrected chi connectivity index (χ0v) is 14.7. The number of carbonyl (C=O) groups is 1. The lowest BCUT2D eigenvalue weighted by molar-refractivity contribution is 0.205. The van der Waals surface area contributed by atoms with E-state index in [0.29, 0.717) is 35.7 Å². The highest BCUT2D eigenvalue weighted by Gasteiger charge is 2.32. The number of aryl methyl sites for hydroxylation is 2. The first-order chi connectivity index (χ1) is 12.6. The van der Waals surface area contributed by atoms with Crippen LogP contribution in [-0.4, -0.2) is 37.2 Å². The number of benzene rings is 1. The topological polar surface area (TPSA) is 109 Å². The summed E-state index contributed by atoms with van der Waals surface area (Å²) in [6, 6.07) is 4.86. The molecule has 0 bridgehead atoms. The highest BCUT2D eigenvalue weighted by Crippen LogP contribution is 2.30. The van der Waals surface area contributed by atoms with Gasteiger partial charge in [-0.2, -0.15) is 5.10 Å². The molecule has 0 radical (unpaired) electrons. The fourth-order valence-corrected chi connectivity index (χ4v) is 3.43. The zero-order chi connectivity index (χ0) is 18.3. The fraction of sp³-hybridized carbons (Fsp3) is 0.412. The van der Waals surface area contributed by atoms with Crippen LogP contribution in [0.2, 0.25) is 0 Å². The van der Waals surface area contributed by atoms with E-state index in [1.54, 1.807) is 27.7 Å². The summed E-state index contributed by atoms with van der Waals surface area (Å²) in [6.07, 6.45) is 1.73. The Morgan fingerprint density at radius 1 is 1.46 bits per heavy atom. The van der Waals surface area contributed by atoms with Gasteiger partial charge in [-0.3, -0.25) is 9.67 Å². The summed E-state index contributed by atoms with van der Waals surface area (Å²) in [4.78, 5) is 30.6. The molecule has 3 aromatic rings. The van der Waals surface area contributed by atoms with Crippen LogP contribution in [0.5, 0.6) is 0 Å². The molecule has 1 aliphatic heterocycles. The minimum Gasteiger partial charge on any atom is -0.408 e. The Balaban J connectivity index is 1.55. The van der Waals surface area contributed by atoms with Crippen LogP contribution in [0.15, 0.2) is 27.4 Å². The monoisotopic (exact) mass is 356 g/mol. The molecule has 3 heterocycles. The number of hydrogen-bond acceptors (Lipinski definition) is 5. The van der Waals surface area contributed by atoms with Crippen LogP contribution in [0.4, 0.5) is 10.5 Å². The van der Waals surface area contributed by atoms with Crippen molar-refractivity contribution in [3.05, 3.63) is 40.4 Å². The lowest BCUT2D eigenvalue weighted by Crippen LogP contribution is -2.34. The van der Waals surface area contributed by atoms with Gasteiger partial charge in [-0.1, -0.05) is 0 Å². The number of anilines is 1. The number of aromatic nitrogens is 4. The second kappa shape index (κ2) is 6.32. The second-order valence-electron chi connectivity index (χ2n) is 6.36. The molecule has 2 amide bonds. The zero-order valence-electron chi connectivity index (χ0n) is 14.7. The van der Waals surface area contributed by atoms with Gasteiger partial charge in [0.25, 0.3) is 0 Å². The maximum Gasteiger partial charge on any atom is 0.419 e. The van der Waals surface area contributed by atoms with Gasteiger partial charge >= 0.3 is 11.8 Å². The first kappa shape index (κ1) is 16.4. The normalized spacial score (nSPS) is 17.2. The number of hydrogen-bond donors (Lipinski definition) is 2. The number of rotatable bonds is 3. The van der Waals surface area contributed by atoms with Gasteiger partial charge in [0.15, 0.2) is 11.4 Å². The minimum absolute atomic E-state index is 0.136. The fourth-order valence-electron chi connectivity index (χ4n) is 3.43. The first-order valence-corrected chi connectivity index (χ1v) is 8.66. The molecule has 1 saturated heterocycles. The van der Waals surface area contributed by atoms with Gasteiger partial charge in [0.05, 0.1) is 11.6 Å². The summed E-state index contributed by atoms with van der Waals surface area (Å²) in [7, 11) is 0. The molecule has 1 unspecified atom stereocenters. The SMILES string of the molecule is CCn1c(=O)oc2cc(NC(=O)N3CCCC3c3n[nH]c(C)n3)ccc21. The van der Waals surface area contributed by atoms with Gasteiger partial charge < -0.3 is 14.6 Å². The van der Waals surface area contributed by atoms with E-state index >= 15 is 0 Å². The highest BCUT2D eigenvalue weighted by atomic mass is 16.4. The predicted octanol–water partition coefficient (Wildman–Crippen LogP) is 2.41. The number of amides is 2. The van der Waals surface area contributed by atoms with Crippen molar-refractivity contribution >= 4 is 22.8 Å². The lowest BCUT2D eigenvalue weighted by atomic mass is 10.2. The van der Waals surface area contributed by atoms with Crippen molar-refractivity contribution in [2.75, 3.05) is 11.9 Å². The number of fused-ring (bicyclic) bond motifs is 1. The summed E-state index contributed by atoms with van der Waals surface area (Å²) >= 11 is 0. The number of oxazole rings is 1. The molecule has 2 aromatic heterocycles. The van der Waals surface area contributed by atoms with E-state index in [1.165, 1.54) is 0 Å². The third-order valence-electron chi connectivity index (χ3n) is 4.66. The van der Waals surface area contributed by atoms with Crippen molar-refractivity contribution in [2.24, 2.45) is 0 Å².